The van der Waals surface area contributed by atoms with E-state index in [0.29, 0.717) is 6.61 Å². The van der Waals surface area contributed by atoms with Crippen molar-refractivity contribution in [3.8, 4) is 0 Å². The van der Waals surface area contributed by atoms with E-state index in [0.717, 1.165) is 0 Å². The molecule has 0 aliphatic heterocycles. The fourth-order valence-corrected chi connectivity index (χ4v) is 0.310. The van der Waals surface area contributed by atoms with E-state index < -0.39 is 0 Å². The van der Waals surface area contributed by atoms with Crippen LogP contribution in [-0.4, -0.2) is 19.5 Å². The summed E-state index contributed by atoms with van der Waals surface area (Å²) in [5.41, 5.74) is 0. The van der Waals surface area contributed by atoms with E-state index in [4.69, 9.17) is 0 Å². The molecule has 0 saturated carbocycles. The largest absolute Gasteiger partial charge is 0.381 e. The van der Waals surface area contributed by atoms with Crippen molar-refractivity contribution >= 4 is 5.78 Å². The molecule has 0 atom stereocenters. The van der Waals surface area contributed by atoms with Crippen LogP contribution in [0.25, 0.3) is 0 Å². The number of ether oxygens (including phenoxy) is 1. The normalized spacial score (nSPS) is 10.2. The SMILES string of the molecule is COC/C=C\C(C)=O. The maximum atomic E-state index is 10.2. The molecule has 0 aliphatic rings. The van der Waals surface area contributed by atoms with E-state index in [2.05, 4.69) is 4.74 Å². The van der Waals surface area contributed by atoms with Crippen LogP contribution in [-0.2, 0) is 9.53 Å². The second-order valence-electron chi connectivity index (χ2n) is 1.47. The molecule has 2 heteroatoms. The van der Waals surface area contributed by atoms with Crippen LogP contribution in [0.1, 0.15) is 6.92 Å². The summed E-state index contributed by atoms with van der Waals surface area (Å²) in [5.74, 6) is 0.0575. The molecular weight excluding hydrogens is 104 g/mol. The molecule has 46 valence electrons. The van der Waals surface area contributed by atoms with Gasteiger partial charge in [0.25, 0.3) is 0 Å². The monoisotopic (exact) mass is 114 g/mol. The van der Waals surface area contributed by atoms with Gasteiger partial charge >= 0.3 is 0 Å². The zero-order chi connectivity index (χ0) is 6.41. The van der Waals surface area contributed by atoms with Crippen LogP contribution >= 0.6 is 0 Å². The first kappa shape index (κ1) is 7.37. The first-order valence-electron chi connectivity index (χ1n) is 2.43. The van der Waals surface area contributed by atoms with Crippen LogP contribution in [0.2, 0.25) is 0 Å². The van der Waals surface area contributed by atoms with Crippen LogP contribution in [0.4, 0.5) is 0 Å². The van der Waals surface area contributed by atoms with Crippen molar-refractivity contribution in [2.75, 3.05) is 13.7 Å². The van der Waals surface area contributed by atoms with Crippen molar-refractivity contribution in [2.24, 2.45) is 0 Å². The van der Waals surface area contributed by atoms with Crippen molar-refractivity contribution in [3.05, 3.63) is 12.2 Å². The van der Waals surface area contributed by atoms with E-state index in [1.54, 1.807) is 13.2 Å². The third kappa shape index (κ3) is 5.37. The van der Waals surface area contributed by atoms with Crippen LogP contribution in [0.15, 0.2) is 12.2 Å². The minimum Gasteiger partial charge on any atom is -0.381 e. The highest BCUT2D eigenvalue weighted by Crippen LogP contribution is 1.74. The number of hydrogen-bond acceptors (Lipinski definition) is 2. The topological polar surface area (TPSA) is 26.3 Å². The van der Waals surface area contributed by atoms with Gasteiger partial charge in [0.1, 0.15) is 0 Å². The minimum absolute atomic E-state index is 0.0575. The van der Waals surface area contributed by atoms with Gasteiger partial charge in [0, 0.05) is 7.11 Å². The Labute approximate surface area is 49.1 Å². The summed E-state index contributed by atoms with van der Waals surface area (Å²) in [6.07, 6.45) is 3.17. The molecular formula is C6H10O2. The molecule has 0 bridgehead atoms. The highest BCUT2D eigenvalue weighted by atomic mass is 16.5. The molecule has 0 rings (SSSR count). The summed E-state index contributed by atoms with van der Waals surface area (Å²) in [6, 6.07) is 0. The van der Waals surface area contributed by atoms with Crippen molar-refractivity contribution in [1.29, 1.82) is 0 Å². The molecule has 0 aliphatic carbocycles. The maximum Gasteiger partial charge on any atom is 0.152 e. The summed E-state index contributed by atoms with van der Waals surface area (Å²) < 4.78 is 4.65. The number of carbonyl (C=O) groups excluding carboxylic acids is 1. The van der Waals surface area contributed by atoms with Crippen molar-refractivity contribution < 1.29 is 9.53 Å². The van der Waals surface area contributed by atoms with Crippen molar-refractivity contribution in [3.63, 3.8) is 0 Å². The quantitative estimate of drug-likeness (QED) is 0.507. The minimum atomic E-state index is 0.0575. The predicted octanol–water partition coefficient (Wildman–Crippen LogP) is 0.778. The van der Waals surface area contributed by atoms with E-state index in [-0.39, 0.29) is 5.78 Å². The van der Waals surface area contributed by atoms with E-state index in [1.807, 2.05) is 0 Å². The average Bonchev–Trinajstić information content (AvgIpc) is 1.66. The lowest BCUT2D eigenvalue weighted by atomic mass is 10.4. The average molecular weight is 114 g/mol. The van der Waals surface area contributed by atoms with Gasteiger partial charge in [-0.15, -0.1) is 0 Å². The van der Waals surface area contributed by atoms with Crippen LogP contribution in [0.3, 0.4) is 0 Å². The number of rotatable bonds is 3. The van der Waals surface area contributed by atoms with Gasteiger partial charge in [0.15, 0.2) is 5.78 Å². The molecule has 8 heavy (non-hydrogen) atoms. The molecule has 0 amide bonds. The Morgan fingerprint density at radius 2 is 2.38 bits per heavy atom. The molecule has 0 aromatic heterocycles. The zero-order valence-electron chi connectivity index (χ0n) is 5.18. The van der Waals surface area contributed by atoms with E-state index >= 15 is 0 Å². The van der Waals surface area contributed by atoms with Gasteiger partial charge in [-0.1, -0.05) is 6.08 Å². The van der Waals surface area contributed by atoms with Gasteiger partial charge in [-0.05, 0) is 13.0 Å². The van der Waals surface area contributed by atoms with Gasteiger partial charge in [0.05, 0.1) is 6.61 Å². The van der Waals surface area contributed by atoms with Gasteiger partial charge < -0.3 is 4.74 Å². The Morgan fingerprint density at radius 3 is 2.75 bits per heavy atom. The third-order valence-corrected chi connectivity index (χ3v) is 0.615. The Bertz CT molecular complexity index is 94.7. The van der Waals surface area contributed by atoms with Gasteiger partial charge in [-0.25, -0.2) is 0 Å². The molecule has 0 radical (unpaired) electrons. The van der Waals surface area contributed by atoms with E-state index in [9.17, 15) is 4.79 Å². The standard InChI is InChI=1S/C6H10O2/c1-6(7)4-3-5-8-2/h3-4H,5H2,1-2H3/b4-3-. The molecule has 0 N–H and O–H groups in total. The number of ketones is 1. The predicted molar refractivity (Wildman–Crippen MR) is 31.7 cm³/mol. The summed E-state index contributed by atoms with van der Waals surface area (Å²) in [6.45, 7) is 2.02. The fourth-order valence-electron chi connectivity index (χ4n) is 0.310. The summed E-state index contributed by atoms with van der Waals surface area (Å²) in [7, 11) is 1.59. The molecule has 2 nitrogen and oxygen atoms in total. The van der Waals surface area contributed by atoms with Crippen LogP contribution < -0.4 is 0 Å². The highest BCUT2D eigenvalue weighted by molar-refractivity contribution is 5.87. The second-order valence-corrected chi connectivity index (χ2v) is 1.47. The lowest BCUT2D eigenvalue weighted by Crippen LogP contribution is -1.84. The number of methoxy groups -OCH3 is 1. The van der Waals surface area contributed by atoms with Gasteiger partial charge in [-0.2, -0.15) is 0 Å². The van der Waals surface area contributed by atoms with Crippen LogP contribution in [0, 0.1) is 0 Å². The molecule has 0 aromatic rings. The first-order chi connectivity index (χ1) is 3.77. The highest BCUT2D eigenvalue weighted by Gasteiger charge is 1.77. The van der Waals surface area contributed by atoms with E-state index in [1.165, 1.54) is 13.0 Å². The molecule has 0 saturated heterocycles. The molecule has 0 spiro atoms. The number of carbonyl (C=O) groups is 1. The van der Waals surface area contributed by atoms with Crippen molar-refractivity contribution in [1.82, 2.24) is 0 Å². The third-order valence-electron chi connectivity index (χ3n) is 0.615. The smallest absolute Gasteiger partial charge is 0.152 e. The summed E-state index contributed by atoms with van der Waals surface area (Å²) in [5, 5.41) is 0. The Balaban J connectivity index is 3.20. The first-order valence-corrected chi connectivity index (χ1v) is 2.43. The second kappa shape index (κ2) is 4.53. The Morgan fingerprint density at radius 1 is 1.75 bits per heavy atom. The van der Waals surface area contributed by atoms with Gasteiger partial charge in [-0.3, -0.25) is 4.79 Å². The lowest BCUT2D eigenvalue weighted by Gasteiger charge is -1.83. The van der Waals surface area contributed by atoms with Crippen LogP contribution in [0.5, 0.6) is 0 Å². The summed E-state index contributed by atoms with van der Waals surface area (Å²) >= 11 is 0. The number of allylic oxidation sites excluding steroid dienone is 1. The summed E-state index contributed by atoms with van der Waals surface area (Å²) in [4.78, 5) is 10.2. The Hall–Kier alpha value is -0.630. The molecule has 0 fully saturated rings. The fraction of sp³-hybridized carbons (Fsp3) is 0.500. The van der Waals surface area contributed by atoms with Gasteiger partial charge in [0.2, 0.25) is 0 Å². The zero-order valence-corrected chi connectivity index (χ0v) is 5.18. The maximum absolute atomic E-state index is 10.2. The molecule has 0 aromatic carbocycles. The molecule has 0 unspecified atom stereocenters. The number of hydrogen-bond donors (Lipinski definition) is 0. The lowest BCUT2D eigenvalue weighted by molar-refractivity contribution is -0.112. The Kier molecular flexibility index (Phi) is 4.17. The molecule has 0 heterocycles. The van der Waals surface area contributed by atoms with Crippen molar-refractivity contribution in [2.45, 2.75) is 6.92 Å².